The molecule has 0 unspecified atom stereocenters. The monoisotopic (exact) mass is 481 g/mol. The molecule has 0 aliphatic heterocycles. The number of ether oxygens (including phenoxy) is 2. The summed E-state index contributed by atoms with van der Waals surface area (Å²) in [7, 11) is 0. The van der Waals surface area contributed by atoms with Gasteiger partial charge >= 0.3 is 5.97 Å². The zero-order chi connectivity index (χ0) is 24.6. The Bertz CT molecular complexity index is 1160. The molecule has 1 heterocycles. The van der Waals surface area contributed by atoms with Crippen molar-refractivity contribution in [3.63, 3.8) is 0 Å². The molecule has 0 radical (unpaired) electrons. The highest BCUT2D eigenvalue weighted by molar-refractivity contribution is 7.99. The minimum absolute atomic E-state index is 0.147. The molecule has 0 aliphatic rings. The molecule has 0 atom stereocenters. The average Bonchev–Trinajstić information content (AvgIpc) is 2.84. The second-order valence-electron chi connectivity index (χ2n) is 8.36. The van der Waals surface area contributed by atoms with Crippen LogP contribution in [0.25, 0.3) is 5.69 Å². The molecule has 3 aromatic rings. The maximum absolute atomic E-state index is 13.1. The summed E-state index contributed by atoms with van der Waals surface area (Å²) in [5, 5.41) is 0.472. The molecule has 0 amide bonds. The zero-order valence-electron chi connectivity index (χ0n) is 19.8. The van der Waals surface area contributed by atoms with Gasteiger partial charge in [-0.05, 0) is 56.0 Å². The number of hydrogen-bond donors (Lipinski definition) is 1. The molecule has 7 nitrogen and oxygen atoms in total. The first-order chi connectivity index (χ1) is 16.3. The molecule has 0 spiro atoms. The van der Waals surface area contributed by atoms with Crippen LogP contribution in [0.5, 0.6) is 5.75 Å². The molecular weight excluding hydrogens is 450 g/mol. The average molecular weight is 482 g/mol. The van der Waals surface area contributed by atoms with E-state index in [0.29, 0.717) is 17.2 Å². The van der Waals surface area contributed by atoms with Gasteiger partial charge in [-0.1, -0.05) is 37.3 Å². The van der Waals surface area contributed by atoms with Crippen LogP contribution in [0.2, 0.25) is 0 Å². The van der Waals surface area contributed by atoms with Crippen molar-refractivity contribution < 1.29 is 14.3 Å². The van der Waals surface area contributed by atoms with Crippen molar-refractivity contribution >= 4 is 17.7 Å². The summed E-state index contributed by atoms with van der Waals surface area (Å²) in [5.74, 6) is 0.977. The number of carbonyl (C=O) groups excluding carboxylic acids is 1. The lowest BCUT2D eigenvalue weighted by Crippen LogP contribution is -2.37. The smallest absolute Gasteiger partial charge is 0.320 e. The Balaban J connectivity index is 1.72. The van der Waals surface area contributed by atoms with E-state index in [1.165, 1.54) is 17.3 Å². The van der Waals surface area contributed by atoms with Gasteiger partial charge in [-0.25, -0.2) is 4.98 Å². The molecule has 0 saturated carbocycles. The van der Waals surface area contributed by atoms with Gasteiger partial charge in [0, 0.05) is 23.8 Å². The third-order valence-corrected chi connectivity index (χ3v) is 6.08. The van der Waals surface area contributed by atoms with Gasteiger partial charge < -0.3 is 15.2 Å². The van der Waals surface area contributed by atoms with Crippen LogP contribution in [0, 0.1) is 0 Å². The van der Waals surface area contributed by atoms with Crippen molar-refractivity contribution in [3.05, 3.63) is 82.4 Å². The second kappa shape index (κ2) is 11.9. The van der Waals surface area contributed by atoms with Crippen molar-refractivity contribution in [1.29, 1.82) is 0 Å². The summed E-state index contributed by atoms with van der Waals surface area (Å²) in [6.07, 6.45) is 4.90. The molecule has 2 aromatic carbocycles. The molecular formula is C26H31N3O4S. The summed E-state index contributed by atoms with van der Waals surface area (Å²) >= 11 is 1.46. The van der Waals surface area contributed by atoms with Gasteiger partial charge in [-0.2, -0.15) is 0 Å². The van der Waals surface area contributed by atoms with Crippen molar-refractivity contribution in [3.8, 4) is 11.4 Å². The van der Waals surface area contributed by atoms with Crippen LogP contribution in [-0.2, 0) is 22.4 Å². The van der Waals surface area contributed by atoms with Crippen LogP contribution >= 0.6 is 11.8 Å². The maximum Gasteiger partial charge on any atom is 0.320 e. The standard InChI is InChI=1S/C26H31N3O4S/c1-4-20-16-21(10-11-22(20)32-18-26(2,3)33-23(30)17-27)29-14-13-28-24(25(29)31)34-15-12-19-8-6-5-7-9-19/h5-11,13-14,16H,4,12,15,17-18,27H2,1-3H3. The van der Waals surface area contributed by atoms with E-state index in [2.05, 4.69) is 17.1 Å². The van der Waals surface area contributed by atoms with E-state index in [-0.39, 0.29) is 18.7 Å². The van der Waals surface area contributed by atoms with E-state index >= 15 is 0 Å². The van der Waals surface area contributed by atoms with E-state index in [4.69, 9.17) is 15.2 Å². The number of aryl methyl sites for hydroxylation is 2. The van der Waals surface area contributed by atoms with Crippen LogP contribution in [0.1, 0.15) is 31.9 Å². The van der Waals surface area contributed by atoms with Crippen molar-refractivity contribution in [2.75, 3.05) is 18.9 Å². The molecule has 0 saturated heterocycles. The molecule has 3 rings (SSSR count). The number of aromatic nitrogens is 2. The Morgan fingerprint density at radius 1 is 1.18 bits per heavy atom. The minimum atomic E-state index is -0.811. The number of nitrogens with two attached hydrogens (primary N) is 1. The van der Waals surface area contributed by atoms with Crippen LogP contribution in [-0.4, -0.2) is 40.0 Å². The fourth-order valence-corrected chi connectivity index (χ4v) is 4.26. The Hall–Kier alpha value is -3.10. The minimum Gasteiger partial charge on any atom is -0.489 e. The third-order valence-electron chi connectivity index (χ3n) is 5.12. The number of carbonyl (C=O) groups is 1. The number of nitrogens with zero attached hydrogens (tertiary/aromatic N) is 2. The Morgan fingerprint density at radius 3 is 2.65 bits per heavy atom. The molecule has 34 heavy (non-hydrogen) atoms. The Kier molecular flexibility index (Phi) is 8.90. The first-order valence-corrected chi connectivity index (χ1v) is 12.2. The normalized spacial score (nSPS) is 11.3. The van der Waals surface area contributed by atoms with Crippen LogP contribution in [0.4, 0.5) is 0 Å². The van der Waals surface area contributed by atoms with Crippen LogP contribution < -0.4 is 16.0 Å². The number of benzene rings is 2. The molecule has 8 heteroatoms. The van der Waals surface area contributed by atoms with Crippen molar-refractivity contribution in [2.45, 2.75) is 44.2 Å². The van der Waals surface area contributed by atoms with Gasteiger partial charge in [0.2, 0.25) is 0 Å². The van der Waals surface area contributed by atoms with E-state index < -0.39 is 11.6 Å². The summed E-state index contributed by atoms with van der Waals surface area (Å²) < 4.78 is 12.9. The SMILES string of the molecule is CCc1cc(-n2ccnc(SCCc3ccccc3)c2=O)ccc1OCC(C)(C)OC(=O)CN. The number of esters is 1. The largest absolute Gasteiger partial charge is 0.489 e. The van der Waals surface area contributed by atoms with Crippen molar-refractivity contribution in [2.24, 2.45) is 5.73 Å². The third kappa shape index (κ3) is 6.95. The number of thioether (sulfide) groups is 1. The first-order valence-electron chi connectivity index (χ1n) is 11.3. The summed E-state index contributed by atoms with van der Waals surface area (Å²) in [4.78, 5) is 28.9. The van der Waals surface area contributed by atoms with Gasteiger partial charge in [0.25, 0.3) is 5.56 Å². The fraction of sp³-hybridized carbons (Fsp3) is 0.346. The van der Waals surface area contributed by atoms with Gasteiger partial charge in [0.15, 0.2) is 5.03 Å². The Labute approximate surface area is 204 Å². The molecule has 2 N–H and O–H groups in total. The van der Waals surface area contributed by atoms with Crippen LogP contribution in [0.3, 0.4) is 0 Å². The zero-order valence-corrected chi connectivity index (χ0v) is 20.6. The van der Waals surface area contributed by atoms with Gasteiger partial charge in [-0.3, -0.25) is 14.2 Å². The predicted molar refractivity (Wildman–Crippen MR) is 135 cm³/mol. The lowest BCUT2D eigenvalue weighted by Gasteiger charge is -2.25. The van der Waals surface area contributed by atoms with Gasteiger partial charge in [0.05, 0.1) is 6.54 Å². The molecule has 0 bridgehead atoms. The lowest BCUT2D eigenvalue weighted by atomic mass is 10.1. The number of hydrogen-bond acceptors (Lipinski definition) is 7. The fourth-order valence-electron chi connectivity index (χ4n) is 3.37. The Morgan fingerprint density at radius 2 is 1.94 bits per heavy atom. The molecule has 180 valence electrons. The first kappa shape index (κ1) is 25.5. The predicted octanol–water partition coefficient (Wildman–Crippen LogP) is 3.79. The quantitative estimate of drug-likeness (QED) is 0.329. The van der Waals surface area contributed by atoms with Gasteiger partial charge in [-0.15, -0.1) is 11.8 Å². The van der Waals surface area contributed by atoms with Gasteiger partial charge in [0.1, 0.15) is 18.0 Å². The van der Waals surface area contributed by atoms with E-state index in [1.807, 2.05) is 43.3 Å². The van der Waals surface area contributed by atoms with Crippen molar-refractivity contribution in [1.82, 2.24) is 9.55 Å². The van der Waals surface area contributed by atoms with E-state index in [0.717, 1.165) is 23.4 Å². The van der Waals surface area contributed by atoms with Crippen LogP contribution in [0.15, 0.2) is 70.7 Å². The molecule has 1 aromatic heterocycles. The topological polar surface area (TPSA) is 96.4 Å². The molecule has 0 fully saturated rings. The summed E-state index contributed by atoms with van der Waals surface area (Å²) in [6, 6.07) is 15.8. The highest BCUT2D eigenvalue weighted by Gasteiger charge is 2.24. The highest BCUT2D eigenvalue weighted by atomic mass is 32.2. The summed E-state index contributed by atoms with van der Waals surface area (Å²) in [5.41, 5.74) is 7.29. The van der Waals surface area contributed by atoms with E-state index in [1.54, 1.807) is 30.8 Å². The maximum atomic E-state index is 13.1. The number of rotatable bonds is 11. The molecule has 0 aliphatic carbocycles. The summed E-state index contributed by atoms with van der Waals surface area (Å²) in [6.45, 7) is 5.57. The second-order valence-corrected chi connectivity index (χ2v) is 9.45. The lowest BCUT2D eigenvalue weighted by molar-refractivity contribution is -0.157. The highest BCUT2D eigenvalue weighted by Crippen LogP contribution is 2.24. The van der Waals surface area contributed by atoms with E-state index in [9.17, 15) is 9.59 Å².